The highest BCUT2D eigenvalue weighted by Gasteiger charge is 2.33. The Kier molecular flexibility index (Phi) is 5.77. The van der Waals surface area contributed by atoms with Crippen LogP contribution in [0.2, 0.25) is 0 Å². The van der Waals surface area contributed by atoms with E-state index in [1.165, 1.54) is 10.9 Å². The topological polar surface area (TPSA) is 105 Å². The highest BCUT2D eigenvalue weighted by atomic mass is 16.4. The maximum atomic E-state index is 12.7. The quantitative estimate of drug-likeness (QED) is 0.797. The molecule has 0 bridgehead atoms. The van der Waals surface area contributed by atoms with Gasteiger partial charge in [-0.3, -0.25) is 9.59 Å². The van der Waals surface area contributed by atoms with Gasteiger partial charge in [-0.1, -0.05) is 13.0 Å². The van der Waals surface area contributed by atoms with Crippen molar-refractivity contribution in [2.75, 3.05) is 11.9 Å². The first-order valence-corrected chi connectivity index (χ1v) is 9.41. The molecular weight excluding hydrogens is 360 g/mol. The molecule has 2 aromatic rings. The molecule has 2 amide bonds. The summed E-state index contributed by atoms with van der Waals surface area (Å²) in [6.07, 6.45) is 3.98. The predicted molar refractivity (Wildman–Crippen MR) is 104 cm³/mol. The number of carboxylic acid groups (broad SMARTS) is 1. The zero-order valence-electron chi connectivity index (χ0n) is 16.0. The van der Waals surface area contributed by atoms with Crippen LogP contribution in [-0.2, 0) is 9.59 Å². The Bertz CT molecular complexity index is 905. The summed E-state index contributed by atoms with van der Waals surface area (Å²) in [5.74, 6) is -1.23. The second kappa shape index (κ2) is 8.24. The standard InChI is InChI=1S/C20H24N4O4/c1-3-6-18(25)23-10-5-9-17(23)19(26)22-14-7-4-8-15(11-14)24-13(2)16(12-21-24)20(27)28/h4,7-8,11-12,17H,3,5-6,9-10H2,1-2H3,(H,22,26)(H,27,28). The molecule has 1 aromatic heterocycles. The molecule has 0 saturated carbocycles. The summed E-state index contributed by atoms with van der Waals surface area (Å²) in [4.78, 5) is 37.9. The van der Waals surface area contributed by atoms with Crippen molar-refractivity contribution < 1.29 is 19.5 Å². The van der Waals surface area contributed by atoms with Crippen molar-refractivity contribution in [2.24, 2.45) is 0 Å². The van der Waals surface area contributed by atoms with E-state index < -0.39 is 12.0 Å². The molecule has 1 aromatic carbocycles. The molecule has 3 rings (SSSR count). The van der Waals surface area contributed by atoms with Gasteiger partial charge in [-0.15, -0.1) is 0 Å². The van der Waals surface area contributed by atoms with Gasteiger partial charge in [0.1, 0.15) is 11.6 Å². The first-order chi connectivity index (χ1) is 13.4. The smallest absolute Gasteiger partial charge is 0.339 e. The number of likely N-dealkylation sites (tertiary alicyclic amines) is 1. The van der Waals surface area contributed by atoms with Crippen molar-refractivity contribution >= 4 is 23.5 Å². The van der Waals surface area contributed by atoms with Gasteiger partial charge in [0.2, 0.25) is 11.8 Å². The van der Waals surface area contributed by atoms with Crippen LogP contribution in [-0.4, -0.2) is 50.2 Å². The fourth-order valence-electron chi connectivity index (χ4n) is 3.52. The first-order valence-electron chi connectivity index (χ1n) is 9.41. The summed E-state index contributed by atoms with van der Waals surface area (Å²) in [6.45, 7) is 4.24. The number of hydrogen-bond acceptors (Lipinski definition) is 4. The van der Waals surface area contributed by atoms with Crippen LogP contribution in [0.25, 0.3) is 5.69 Å². The van der Waals surface area contributed by atoms with E-state index in [0.717, 1.165) is 12.8 Å². The predicted octanol–water partition coefficient (Wildman–Crippen LogP) is 2.61. The second-order valence-electron chi connectivity index (χ2n) is 6.90. The normalized spacial score (nSPS) is 16.2. The van der Waals surface area contributed by atoms with Crippen LogP contribution in [0, 0.1) is 6.92 Å². The molecule has 28 heavy (non-hydrogen) atoms. The van der Waals surface area contributed by atoms with Gasteiger partial charge < -0.3 is 15.3 Å². The molecule has 0 radical (unpaired) electrons. The van der Waals surface area contributed by atoms with Gasteiger partial charge in [0.15, 0.2) is 0 Å². The third-order valence-corrected chi connectivity index (χ3v) is 4.94. The van der Waals surface area contributed by atoms with E-state index in [4.69, 9.17) is 0 Å². The van der Waals surface area contributed by atoms with Gasteiger partial charge in [-0.05, 0) is 44.4 Å². The molecule has 1 fully saturated rings. The number of aromatic carboxylic acids is 1. The lowest BCUT2D eigenvalue weighted by atomic mass is 10.2. The summed E-state index contributed by atoms with van der Waals surface area (Å²) in [5.41, 5.74) is 1.85. The van der Waals surface area contributed by atoms with Gasteiger partial charge in [0.25, 0.3) is 0 Å². The summed E-state index contributed by atoms with van der Waals surface area (Å²) in [7, 11) is 0. The molecular formula is C20H24N4O4. The Morgan fingerprint density at radius 1 is 1.32 bits per heavy atom. The lowest BCUT2D eigenvalue weighted by Crippen LogP contribution is -2.43. The number of carbonyl (C=O) groups excluding carboxylic acids is 2. The van der Waals surface area contributed by atoms with E-state index in [1.807, 2.05) is 6.92 Å². The number of anilines is 1. The molecule has 148 valence electrons. The summed E-state index contributed by atoms with van der Waals surface area (Å²) >= 11 is 0. The highest BCUT2D eigenvalue weighted by Crippen LogP contribution is 2.22. The van der Waals surface area contributed by atoms with Gasteiger partial charge in [0.05, 0.1) is 17.6 Å². The number of hydrogen-bond donors (Lipinski definition) is 2. The third-order valence-electron chi connectivity index (χ3n) is 4.94. The molecule has 1 saturated heterocycles. The van der Waals surface area contributed by atoms with Crippen molar-refractivity contribution in [2.45, 2.75) is 45.6 Å². The maximum Gasteiger partial charge on any atom is 0.339 e. The fraction of sp³-hybridized carbons (Fsp3) is 0.400. The van der Waals surface area contributed by atoms with Crippen molar-refractivity contribution in [1.82, 2.24) is 14.7 Å². The zero-order valence-corrected chi connectivity index (χ0v) is 16.0. The molecule has 1 unspecified atom stereocenters. The zero-order chi connectivity index (χ0) is 20.3. The fourth-order valence-corrected chi connectivity index (χ4v) is 3.52. The molecule has 2 N–H and O–H groups in total. The molecule has 0 aliphatic carbocycles. The number of aromatic nitrogens is 2. The van der Waals surface area contributed by atoms with Crippen LogP contribution in [0.15, 0.2) is 30.5 Å². The van der Waals surface area contributed by atoms with Gasteiger partial charge in [0, 0.05) is 18.7 Å². The van der Waals surface area contributed by atoms with Crippen molar-refractivity contribution in [3.63, 3.8) is 0 Å². The Balaban J connectivity index is 1.77. The number of amides is 2. The van der Waals surface area contributed by atoms with Crippen LogP contribution in [0.1, 0.15) is 48.7 Å². The first kappa shape index (κ1) is 19.6. The molecule has 1 aliphatic heterocycles. The lowest BCUT2D eigenvalue weighted by molar-refractivity contribution is -0.136. The van der Waals surface area contributed by atoms with Gasteiger partial charge in [-0.2, -0.15) is 5.10 Å². The molecule has 1 atom stereocenters. The summed E-state index contributed by atoms with van der Waals surface area (Å²) in [5, 5.41) is 16.2. The largest absolute Gasteiger partial charge is 0.478 e. The Morgan fingerprint density at radius 3 is 2.79 bits per heavy atom. The minimum atomic E-state index is -1.04. The van der Waals surface area contributed by atoms with E-state index in [-0.39, 0.29) is 17.4 Å². The summed E-state index contributed by atoms with van der Waals surface area (Å²) in [6, 6.07) is 6.59. The van der Waals surface area contributed by atoms with E-state index >= 15 is 0 Å². The maximum absolute atomic E-state index is 12.7. The SMILES string of the molecule is CCCC(=O)N1CCCC1C(=O)Nc1cccc(-n2ncc(C(=O)O)c2C)c1. The average molecular weight is 384 g/mol. The number of carboxylic acids is 1. The lowest BCUT2D eigenvalue weighted by Gasteiger charge is -2.24. The van der Waals surface area contributed by atoms with Gasteiger partial charge in [-0.25, -0.2) is 9.48 Å². The van der Waals surface area contributed by atoms with Crippen LogP contribution in [0.5, 0.6) is 0 Å². The number of rotatable bonds is 6. The molecule has 0 spiro atoms. The minimum absolute atomic E-state index is 0.0160. The minimum Gasteiger partial charge on any atom is -0.478 e. The Morgan fingerprint density at radius 2 is 2.11 bits per heavy atom. The highest BCUT2D eigenvalue weighted by molar-refractivity contribution is 5.97. The van der Waals surface area contributed by atoms with Crippen molar-refractivity contribution in [3.05, 3.63) is 41.7 Å². The van der Waals surface area contributed by atoms with Crippen LogP contribution >= 0.6 is 0 Å². The number of nitrogens with one attached hydrogen (secondary N) is 1. The third kappa shape index (κ3) is 3.90. The molecule has 8 heteroatoms. The number of carbonyl (C=O) groups is 3. The monoisotopic (exact) mass is 384 g/mol. The van der Waals surface area contributed by atoms with Crippen molar-refractivity contribution in [3.8, 4) is 5.69 Å². The molecule has 8 nitrogen and oxygen atoms in total. The number of benzene rings is 1. The Hall–Kier alpha value is -3.16. The van der Waals surface area contributed by atoms with Crippen molar-refractivity contribution in [1.29, 1.82) is 0 Å². The van der Waals surface area contributed by atoms with E-state index in [1.54, 1.807) is 36.1 Å². The van der Waals surface area contributed by atoms with Crippen LogP contribution in [0.3, 0.4) is 0 Å². The average Bonchev–Trinajstić information content (AvgIpc) is 3.29. The molecule has 1 aliphatic rings. The van der Waals surface area contributed by atoms with E-state index in [0.29, 0.717) is 36.5 Å². The second-order valence-corrected chi connectivity index (χ2v) is 6.90. The van der Waals surface area contributed by atoms with Crippen LogP contribution in [0.4, 0.5) is 5.69 Å². The van der Waals surface area contributed by atoms with Crippen LogP contribution < -0.4 is 5.32 Å². The molecule has 2 heterocycles. The van der Waals surface area contributed by atoms with E-state index in [2.05, 4.69) is 10.4 Å². The number of nitrogens with zero attached hydrogens (tertiary/aromatic N) is 3. The van der Waals surface area contributed by atoms with E-state index in [9.17, 15) is 19.5 Å². The summed E-state index contributed by atoms with van der Waals surface area (Å²) < 4.78 is 1.52. The van der Waals surface area contributed by atoms with Gasteiger partial charge >= 0.3 is 5.97 Å². The Labute approximate surface area is 163 Å².